The van der Waals surface area contributed by atoms with Crippen LogP contribution in [0.3, 0.4) is 0 Å². The average molecular weight is 292 g/mol. The summed E-state index contributed by atoms with van der Waals surface area (Å²) in [5, 5.41) is 6.43. The maximum Gasteiger partial charge on any atom is 0.407 e. The van der Waals surface area contributed by atoms with Crippen LogP contribution in [0.15, 0.2) is 18.7 Å². The Morgan fingerprint density at radius 2 is 1.95 bits per heavy atom. The molecule has 1 aromatic rings. The van der Waals surface area contributed by atoms with Crippen LogP contribution in [0.4, 0.5) is 4.79 Å². The van der Waals surface area contributed by atoms with Crippen molar-refractivity contribution in [2.24, 2.45) is 0 Å². The van der Waals surface area contributed by atoms with Crippen LogP contribution in [-0.4, -0.2) is 33.7 Å². The van der Waals surface area contributed by atoms with Gasteiger partial charge in [0.2, 0.25) is 0 Å². The summed E-state index contributed by atoms with van der Waals surface area (Å²) < 4.78 is 5.31. The lowest BCUT2D eigenvalue weighted by Gasteiger charge is -2.25. The molecule has 0 spiro atoms. The minimum atomic E-state index is -0.465. The van der Waals surface area contributed by atoms with Gasteiger partial charge in [-0.3, -0.25) is 0 Å². The summed E-state index contributed by atoms with van der Waals surface area (Å²) in [5.74, 6) is 0. The van der Waals surface area contributed by atoms with Crippen LogP contribution in [-0.2, 0) is 11.3 Å². The molecule has 1 amide bonds. The Morgan fingerprint density at radius 1 is 1.29 bits per heavy atom. The molecule has 2 rings (SSSR count). The summed E-state index contributed by atoms with van der Waals surface area (Å²) in [6.07, 6.45) is 7.90. The number of nitrogens with one attached hydrogen (secondary N) is 2. The lowest BCUT2D eigenvalue weighted by Crippen LogP contribution is -2.47. The summed E-state index contributed by atoms with van der Waals surface area (Å²) >= 11 is 0. The van der Waals surface area contributed by atoms with Gasteiger partial charge in [0.25, 0.3) is 0 Å². The predicted molar refractivity (Wildman–Crippen MR) is 79.7 cm³/mol. The molecule has 116 valence electrons. The highest BCUT2D eigenvalue weighted by atomic mass is 16.6. The molecule has 1 heterocycles. The Labute approximate surface area is 125 Å². The Bertz CT molecular complexity index is 458. The molecule has 0 radical (unpaired) electrons. The van der Waals surface area contributed by atoms with Crippen molar-refractivity contribution in [2.45, 2.75) is 64.3 Å². The molecule has 0 saturated heterocycles. The van der Waals surface area contributed by atoms with Crippen LogP contribution < -0.4 is 10.6 Å². The van der Waals surface area contributed by atoms with Gasteiger partial charge in [0.05, 0.1) is 0 Å². The van der Waals surface area contributed by atoms with Gasteiger partial charge >= 0.3 is 6.09 Å². The average Bonchev–Trinajstić information content (AvgIpc) is 2.82. The van der Waals surface area contributed by atoms with Gasteiger partial charge in [-0.2, -0.15) is 0 Å². The van der Waals surface area contributed by atoms with Crippen molar-refractivity contribution >= 4 is 6.09 Å². The first-order valence-corrected chi connectivity index (χ1v) is 7.41. The number of carbonyl (C=O) groups is 1. The molecule has 2 N–H and O–H groups in total. The Kier molecular flexibility index (Phi) is 5.12. The fraction of sp³-hybridized carbons (Fsp3) is 0.667. The monoisotopic (exact) mass is 292 g/mol. The predicted octanol–water partition coefficient (Wildman–Crippen LogP) is 2.01. The molecule has 0 bridgehead atoms. The number of nitrogens with zero attached hydrogens (tertiary/aromatic N) is 2. The quantitative estimate of drug-likeness (QED) is 0.888. The van der Waals surface area contributed by atoms with E-state index < -0.39 is 5.60 Å². The summed E-state index contributed by atoms with van der Waals surface area (Å²) in [7, 11) is 0. The molecule has 2 unspecified atom stereocenters. The molecule has 6 nitrogen and oxygen atoms in total. The van der Waals surface area contributed by atoms with E-state index in [1.807, 2.05) is 20.8 Å². The fourth-order valence-electron chi connectivity index (χ4n) is 2.51. The van der Waals surface area contributed by atoms with E-state index in [0.29, 0.717) is 6.54 Å². The maximum atomic E-state index is 11.9. The van der Waals surface area contributed by atoms with Crippen LogP contribution in [0.5, 0.6) is 0 Å². The molecular formula is C15H24N4O2. The van der Waals surface area contributed by atoms with Crippen molar-refractivity contribution in [1.82, 2.24) is 20.6 Å². The second-order valence-electron chi connectivity index (χ2n) is 6.42. The van der Waals surface area contributed by atoms with E-state index in [4.69, 9.17) is 4.74 Å². The summed E-state index contributed by atoms with van der Waals surface area (Å²) in [5.41, 5.74) is 0.577. The first-order chi connectivity index (χ1) is 9.94. The zero-order valence-electron chi connectivity index (χ0n) is 12.9. The van der Waals surface area contributed by atoms with Crippen LogP contribution in [0.1, 0.15) is 45.6 Å². The van der Waals surface area contributed by atoms with Crippen molar-refractivity contribution in [3.63, 3.8) is 0 Å². The molecule has 0 aromatic carbocycles. The molecule has 1 aliphatic carbocycles. The minimum absolute atomic E-state index is 0.115. The number of amides is 1. The SMILES string of the molecule is CC(C)(C)OC(=O)NC1CCCC1NCc1cncnc1. The first kappa shape index (κ1) is 15.7. The van der Waals surface area contributed by atoms with Gasteiger partial charge < -0.3 is 15.4 Å². The van der Waals surface area contributed by atoms with E-state index in [1.54, 1.807) is 12.4 Å². The van der Waals surface area contributed by atoms with E-state index >= 15 is 0 Å². The third-order valence-corrected chi connectivity index (χ3v) is 3.40. The Hall–Kier alpha value is -1.69. The molecule has 1 aromatic heterocycles. The number of rotatable bonds is 4. The molecule has 6 heteroatoms. The lowest BCUT2D eigenvalue weighted by molar-refractivity contribution is 0.0498. The van der Waals surface area contributed by atoms with Gasteiger partial charge in [-0.05, 0) is 40.0 Å². The summed E-state index contributed by atoms with van der Waals surface area (Å²) in [6, 6.07) is 0.377. The number of aromatic nitrogens is 2. The second kappa shape index (κ2) is 6.85. The number of alkyl carbamates (subject to hydrolysis) is 1. The highest BCUT2D eigenvalue weighted by Crippen LogP contribution is 2.20. The van der Waals surface area contributed by atoms with E-state index in [1.165, 1.54) is 6.33 Å². The fourth-order valence-corrected chi connectivity index (χ4v) is 2.51. The van der Waals surface area contributed by atoms with E-state index in [9.17, 15) is 4.79 Å². The van der Waals surface area contributed by atoms with Gasteiger partial charge in [0.15, 0.2) is 0 Å². The van der Waals surface area contributed by atoms with E-state index in [2.05, 4.69) is 20.6 Å². The van der Waals surface area contributed by atoms with Crippen LogP contribution >= 0.6 is 0 Å². The third kappa shape index (κ3) is 5.30. The number of ether oxygens (including phenoxy) is 1. The molecular weight excluding hydrogens is 268 g/mol. The smallest absolute Gasteiger partial charge is 0.407 e. The van der Waals surface area contributed by atoms with Crippen LogP contribution in [0, 0.1) is 0 Å². The van der Waals surface area contributed by atoms with Crippen molar-refractivity contribution < 1.29 is 9.53 Å². The Morgan fingerprint density at radius 3 is 2.62 bits per heavy atom. The second-order valence-corrected chi connectivity index (χ2v) is 6.42. The van der Waals surface area contributed by atoms with Crippen molar-refractivity contribution in [1.29, 1.82) is 0 Å². The van der Waals surface area contributed by atoms with Crippen LogP contribution in [0.2, 0.25) is 0 Å². The number of hydrogen-bond donors (Lipinski definition) is 2. The highest BCUT2D eigenvalue weighted by Gasteiger charge is 2.29. The lowest BCUT2D eigenvalue weighted by atomic mass is 10.1. The van der Waals surface area contributed by atoms with Gasteiger partial charge in [-0.25, -0.2) is 14.8 Å². The van der Waals surface area contributed by atoms with Gasteiger partial charge in [0, 0.05) is 36.6 Å². The van der Waals surface area contributed by atoms with E-state index in [-0.39, 0.29) is 18.2 Å². The number of carbonyl (C=O) groups excluding carboxylic acids is 1. The van der Waals surface area contributed by atoms with Crippen molar-refractivity contribution in [3.05, 3.63) is 24.3 Å². The van der Waals surface area contributed by atoms with Crippen molar-refractivity contribution in [2.75, 3.05) is 0 Å². The minimum Gasteiger partial charge on any atom is -0.444 e. The van der Waals surface area contributed by atoms with Gasteiger partial charge in [-0.1, -0.05) is 0 Å². The summed E-state index contributed by atoms with van der Waals surface area (Å²) in [6.45, 7) is 6.31. The third-order valence-electron chi connectivity index (χ3n) is 3.40. The largest absolute Gasteiger partial charge is 0.444 e. The highest BCUT2D eigenvalue weighted by molar-refractivity contribution is 5.68. The molecule has 0 aliphatic heterocycles. The molecule has 21 heavy (non-hydrogen) atoms. The molecule has 1 aliphatic rings. The molecule has 2 atom stereocenters. The zero-order valence-corrected chi connectivity index (χ0v) is 12.9. The van der Waals surface area contributed by atoms with Crippen molar-refractivity contribution in [3.8, 4) is 0 Å². The normalized spacial score (nSPS) is 22.0. The standard InChI is InChI=1S/C15H24N4O2/c1-15(2,3)21-14(20)19-13-6-4-5-12(13)18-9-11-7-16-10-17-8-11/h7-8,10,12-13,18H,4-6,9H2,1-3H3,(H,19,20). The molecule has 1 saturated carbocycles. The first-order valence-electron chi connectivity index (χ1n) is 7.41. The molecule has 1 fully saturated rings. The summed E-state index contributed by atoms with van der Waals surface area (Å²) in [4.78, 5) is 19.8. The van der Waals surface area contributed by atoms with Gasteiger partial charge in [0.1, 0.15) is 11.9 Å². The number of hydrogen-bond acceptors (Lipinski definition) is 5. The topological polar surface area (TPSA) is 76.1 Å². The Balaban J connectivity index is 1.81. The zero-order chi connectivity index (χ0) is 15.3. The van der Waals surface area contributed by atoms with Gasteiger partial charge in [-0.15, -0.1) is 0 Å². The van der Waals surface area contributed by atoms with Crippen LogP contribution in [0.25, 0.3) is 0 Å². The van der Waals surface area contributed by atoms with E-state index in [0.717, 1.165) is 24.8 Å². The maximum absolute atomic E-state index is 11.9.